The van der Waals surface area contributed by atoms with Crippen LogP contribution in [0.25, 0.3) is 16.0 Å². The molecule has 1 saturated heterocycles. The summed E-state index contributed by atoms with van der Waals surface area (Å²) in [4.78, 5) is 29.9. The Morgan fingerprint density at radius 2 is 1.83 bits per heavy atom. The number of carbonyl (C=O) groups excluding carboxylic acids is 1. The largest absolute Gasteiger partial charge is 0.368 e. The number of anilines is 1. The molecule has 1 aromatic carbocycles. The molecule has 0 spiro atoms. The average Bonchev–Trinajstić information content (AvgIpc) is 3.49. The highest BCUT2D eigenvalue weighted by Gasteiger charge is 2.22. The molecule has 1 fully saturated rings. The van der Waals surface area contributed by atoms with E-state index in [9.17, 15) is 14.0 Å². The van der Waals surface area contributed by atoms with Gasteiger partial charge in [-0.15, -0.1) is 21.5 Å². The van der Waals surface area contributed by atoms with E-state index in [1.54, 1.807) is 16.7 Å². The standard InChI is InChI=1S/C25H29FN6O2S/c1-17(2)16-31-24(34)23-20(10-15-35-23)32-21(27-28-25(31)32)4-3-5-22(33)30-13-11-29(12-14-30)19-8-6-18(26)7-9-19/h6-10,15,17H,3-5,11-14,16H2,1-2H3. The number of nitrogens with zero attached hydrogens (tertiary/aromatic N) is 6. The van der Waals surface area contributed by atoms with E-state index in [0.29, 0.717) is 55.3 Å². The number of amides is 1. The van der Waals surface area contributed by atoms with Crippen molar-refractivity contribution in [3.63, 3.8) is 0 Å². The van der Waals surface area contributed by atoms with Crippen LogP contribution in [0.5, 0.6) is 0 Å². The zero-order valence-electron chi connectivity index (χ0n) is 20.0. The maximum Gasteiger partial charge on any atom is 0.272 e. The number of piperazine rings is 1. The monoisotopic (exact) mass is 496 g/mol. The lowest BCUT2D eigenvalue weighted by Gasteiger charge is -2.36. The molecule has 1 aliphatic rings. The molecule has 0 bridgehead atoms. The number of carbonyl (C=O) groups is 1. The van der Waals surface area contributed by atoms with Gasteiger partial charge in [-0.1, -0.05) is 13.8 Å². The smallest absolute Gasteiger partial charge is 0.272 e. The Morgan fingerprint density at radius 1 is 1.09 bits per heavy atom. The highest BCUT2D eigenvalue weighted by Crippen LogP contribution is 2.21. The summed E-state index contributed by atoms with van der Waals surface area (Å²) in [5.41, 5.74) is 1.79. The van der Waals surface area contributed by atoms with Crippen LogP contribution in [-0.2, 0) is 17.8 Å². The van der Waals surface area contributed by atoms with Crippen LogP contribution in [0.3, 0.4) is 0 Å². The van der Waals surface area contributed by atoms with E-state index < -0.39 is 0 Å². The van der Waals surface area contributed by atoms with Crippen LogP contribution >= 0.6 is 11.3 Å². The van der Waals surface area contributed by atoms with Gasteiger partial charge in [0.05, 0.1) is 5.52 Å². The molecule has 10 heteroatoms. The van der Waals surface area contributed by atoms with Crippen molar-refractivity contribution in [2.24, 2.45) is 5.92 Å². The summed E-state index contributed by atoms with van der Waals surface area (Å²) in [5, 5.41) is 10.7. The van der Waals surface area contributed by atoms with Gasteiger partial charge >= 0.3 is 0 Å². The molecular weight excluding hydrogens is 467 g/mol. The Kier molecular flexibility index (Phi) is 6.55. The molecule has 0 unspecified atom stereocenters. The van der Waals surface area contributed by atoms with Crippen LogP contribution in [0.4, 0.5) is 10.1 Å². The SMILES string of the molecule is CC(C)Cn1c(=O)c2sccc2n2c(CCCC(=O)N3CCN(c4ccc(F)cc4)CC3)nnc12. The quantitative estimate of drug-likeness (QED) is 0.391. The summed E-state index contributed by atoms with van der Waals surface area (Å²) in [6, 6.07) is 8.43. The van der Waals surface area contributed by atoms with E-state index in [1.165, 1.54) is 23.5 Å². The maximum absolute atomic E-state index is 13.2. The number of halogens is 1. The van der Waals surface area contributed by atoms with Crippen molar-refractivity contribution in [2.75, 3.05) is 31.1 Å². The van der Waals surface area contributed by atoms with Crippen molar-refractivity contribution in [2.45, 2.75) is 39.7 Å². The minimum Gasteiger partial charge on any atom is -0.368 e. The number of hydrogen-bond acceptors (Lipinski definition) is 6. The minimum absolute atomic E-state index is 0.0230. The first kappa shape index (κ1) is 23.5. The van der Waals surface area contributed by atoms with Gasteiger partial charge < -0.3 is 9.80 Å². The van der Waals surface area contributed by atoms with Crippen LogP contribution in [0.15, 0.2) is 40.5 Å². The molecule has 0 atom stereocenters. The predicted octanol–water partition coefficient (Wildman–Crippen LogP) is 3.57. The Morgan fingerprint density at radius 3 is 2.54 bits per heavy atom. The Balaban J connectivity index is 1.23. The number of aromatic nitrogens is 4. The van der Waals surface area contributed by atoms with Crippen molar-refractivity contribution in [1.82, 2.24) is 24.1 Å². The van der Waals surface area contributed by atoms with E-state index in [2.05, 4.69) is 28.9 Å². The van der Waals surface area contributed by atoms with Crippen molar-refractivity contribution in [3.8, 4) is 0 Å². The fraction of sp³-hybridized carbons (Fsp3) is 0.440. The molecule has 0 radical (unpaired) electrons. The fourth-order valence-corrected chi connectivity index (χ4v) is 5.52. The third-order valence-electron chi connectivity index (χ3n) is 6.44. The topological polar surface area (TPSA) is 75.7 Å². The third kappa shape index (κ3) is 4.67. The highest BCUT2D eigenvalue weighted by molar-refractivity contribution is 7.17. The zero-order chi connectivity index (χ0) is 24.5. The van der Waals surface area contributed by atoms with Crippen molar-refractivity contribution < 1.29 is 9.18 Å². The van der Waals surface area contributed by atoms with Crippen LogP contribution in [-0.4, -0.2) is 56.2 Å². The number of hydrogen-bond donors (Lipinski definition) is 0. The average molecular weight is 497 g/mol. The van der Waals surface area contributed by atoms with Crippen LogP contribution in [0.1, 0.15) is 32.5 Å². The lowest BCUT2D eigenvalue weighted by atomic mass is 10.2. The van der Waals surface area contributed by atoms with Gasteiger partial charge in [-0.25, -0.2) is 4.39 Å². The second-order valence-electron chi connectivity index (χ2n) is 9.39. The molecule has 0 N–H and O–H groups in total. The van der Waals surface area contributed by atoms with Crippen LogP contribution in [0, 0.1) is 11.7 Å². The first-order chi connectivity index (χ1) is 16.9. The zero-order valence-corrected chi connectivity index (χ0v) is 20.8. The van der Waals surface area contributed by atoms with E-state index in [1.807, 2.05) is 20.7 Å². The molecule has 3 aromatic heterocycles. The molecule has 35 heavy (non-hydrogen) atoms. The summed E-state index contributed by atoms with van der Waals surface area (Å²) >= 11 is 1.44. The number of thiophene rings is 1. The normalized spacial score (nSPS) is 14.5. The number of rotatable bonds is 7. The Bertz CT molecular complexity index is 1400. The molecule has 5 rings (SSSR count). The van der Waals surface area contributed by atoms with Gasteiger partial charge in [-0.2, -0.15) is 0 Å². The summed E-state index contributed by atoms with van der Waals surface area (Å²) in [7, 11) is 0. The van der Waals surface area contributed by atoms with Crippen molar-refractivity contribution in [1.29, 1.82) is 0 Å². The van der Waals surface area contributed by atoms with Gasteiger partial charge in [-0.3, -0.25) is 18.6 Å². The highest BCUT2D eigenvalue weighted by atomic mass is 32.1. The lowest BCUT2D eigenvalue weighted by molar-refractivity contribution is -0.131. The van der Waals surface area contributed by atoms with Crippen LogP contribution < -0.4 is 10.5 Å². The van der Waals surface area contributed by atoms with Gasteiger partial charge in [-0.05, 0) is 48.1 Å². The third-order valence-corrected chi connectivity index (χ3v) is 7.33. The molecule has 1 amide bonds. The second kappa shape index (κ2) is 9.77. The molecule has 0 saturated carbocycles. The first-order valence-corrected chi connectivity index (χ1v) is 12.9. The van der Waals surface area contributed by atoms with Gasteiger partial charge in [0, 0.05) is 51.3 Å². The van der Waals surface area contributed by atoms with Gasteiger partial charge in [0.15, 0.2) is 0 Å². The molecule has 4 aromatic rings. The van der Waals surface area contributed by atoms with Gasteiger partial charge in [0.25, 0.3) is 5.56 Å². The molecule has 8 nitrogen and oxygen atoms in total. The molecule has 1 aliphatic heterocycles. The van der Waals surface area contributed by atoms with Crippen LogP contribution in [0.2, 0.25) is 0 Å². The lowest BCUT2D eigenvalue weighted by Crippen LogP contribution is -2.48. The van der Waals surface area contributed by atoms with Crippen molar-refractivity contribution in [3.05, 3.63) is 57.7 Å². The summed E-state index contributed by atoms with van der Waals surface area (Å²) in [6.07, 6.45) is 1.70. The van der Waals surface area contributed by atoms with E-state index in [-0.39, 0.29) is 17.3 Å². The van der Waals surface area contributed by atoms with Crippen molar-refractivity contribution >= 4 is 38.9 Å². The van der Waals surface area contributed by atoms with E-state index in [0.717, 1.165) is 30.1 Å². The minimum atomic E-state index is -0.244. The summed E-state index contributed by atoms with van der Waals surface area (Å²) < 4.78 is 17.6. The maximum atomic E-state index is 13.2. The van der Waals surface area contributed by atoms with E-state index >= 15 is 0 Å². The number of fused-ring (bicyclic) bond motifs is 3. The second-order valence-corrected chi connectivity index (χ2v) is 10.3. The molecular formula is C25H29FN6O2S. The molecule has 4 heterocycles. The molecule has 184 valence electrons. The fourth-order valence-electron chi connectivity index (χ4n) is 4.69. The number of aryl methyl sites for hydroxylation is 1. The Labute approximate surface area is 206 Å². The first-order valence-electron chi connectivity index (χ1n) is 12.0. The van der Waals surface area contributed by atoms with Gasteiger partial charge in [0.2, 0.25) is 11.7 Å². The predicted molar refractivity (Wildman–Crippen MR) is 136 cm³/mol. The summed E-state index contributed by atoms with van der Waals surface area (Å²) in [6.45, 7) is 7.50. The summed E-state index contributed by atoms with van der Waals surface area (Å²) in [5.74, 6) is 1.53. The van der Waals surface area contributed by atoms with E-state index in [4.69, 9.17) is 0 Å². The molecule has 0 aliphatic carbocycles. The van der Waals surface area contributed by atoms with Gasteiger partial charge in [0.1, 0.15) is 16.3 Å². The number of benzene rings is 1. The Hall–Kier alpha value is -3.27.